The van der Waals surface area contributed by atoms with Crippen LogP contribution in [0.5, 0.6) is 5.75 Å². The van der Waals surface area contributed by atoms with Gasteiger partial charge >= 0.3 is 6.18 Å². The second-order valence-electron chi connectivity index (χ2n) is 6.81. The van der Waals surface area contributed by atoms with E-state index in [1.54, 1.807) is 12.1 Å². The topological polar surface area (TPSA) is 56.1 Å². The van der Waals surface area contributed by atoms with Gasteiger partial charge in [-0.3, -0.25) is 9.48 Å². The van der Waals surface area contributed by atoms with Crippen molar-refractivity contribution in [2.45, 2.75) is 51.7 Å². The molecule has 0 bridgehead atoms. The first kappa shape index (κ1) is 20.2. The Morgan fingerprint density at radius 3 is 2.61 bits per heavy atom. The van der Waals surface area contributed by atoms with Crippen LogP contribution < -0.4 is 10.1 Å². The highest BCUT2D eigenvalue weighted by Crippen LogP contribution is 2.35. The summed E-state index contributed by atoms with van der Waals surface area (Å²) in [5.41, 5.74) is 1.04. The highest BCUT2D eigenvalue weighted by molar-refractivity contribution is 5.78. The van der Waals surface area contributed by atoms with Gasteiger partial charge in [0.2, 0.25) is 5.91 Å². The van der Waals surface area contributed by atoms with Crippen LogP contribution in [0.2, 0.25) is 0 Å². The van der Waals surface area contributed by atoms with Gasteiger partial charge in [0.05, 0.1) is 19.6 Å². The number of halogens is 3. The van der Waals surface area contributed by atoms with E-state index in [1.807, 2.05) is 19.1 Å². The van der Waals surface area contributed by atoms with Crippen molar-refractivity contribution in [1.82, 2.24) is 15.1 Å². The molecule has 2 aromatic rings. The zero-order valence-electron chi connectivity index (χ0n) is 15.8. The Balaban J connectivity index is 1.56. The van der Waals surface area contributed by atoms with Crippen molar-refractivity contribution >= 4 is 5.91 Å². The Labute approximate surface area is 161 Å². The fourth-order valence-electron chi connectivity index (χ4n) is 3.50. The van der Waals surface area contributed by atoms with Gasteiger partial charge in [-0.1, -0.05) is 12.1 Å². The summed E-state index contributed by atoms with van der Waals surface area (Å²) < 4.78 is 46.4. The molecule has 0 atom stereocenters. The summed E-state index contributed by atoms with van der Waals surface area (Å²) >= 11 is 0. The van der Waals surface area contributed by atoms with Gasteiger partial charge in [-0.15, -0.1) is 0 Å². The molecule has 0 fully saturated rings. The first-order valence-electron chi connectivity index (χ1n) is 9.52. The number of carbonyl (C=O) groups is 1. The zero-order valence-corrected chi connectivity index (χ0v) is 15.8. The molecule has 5 nitrogen and oxygen atoms in total. The number of ether oxygens (including phenoxy) is 1. The monoisotopic (exact) mass is 395 g/mol. The molecule has 8 heteroatoms. The van der Waals surface area contributed by atoms with Crippen LogP contribution in [0.4, 0.5) is 13.2 Å². The molecule has 3 rings (SSSR count). The van der Waals surface area contributed by atoms with Gasteiger partial charge in [0, 0.05) is 17.8 Å². The van der Waals surface area contributed by atoms with Crippen LogP contribution in [0.25, 0.3) is 0 Å². The molecule has 1 aliphatic rings. The largest absolute Gasteiger partial charge is 0.494 e. The number of alkyl halides is 3. The van der Waals surface area contributed by atoms with Crippen LogP contribution in [-0.4, -0.2) is 28.8 Å². The molecule has 1 heterocycles. The van der Waals surface area contributed by atoms with Gasteiger partial charge in [-0.05, 0) is 50.3 Å². The Morgan fingerprint density at radius 1 is 1.21 bits per heavy atom. The van der Waals surface area contributed by atoms with Gasteiger partial charge in [0.15, 0.2) is 5.69 Å². The molecular formula is C20H24F3N3O2. The SMILES string of the molecule is CCOc1ccc(CC(=O)NCCn2nc(C(F)(F)F)c3c2CCCC3)cc1. The van der Waals surface area contributed by atoms with Gasteiger partial charge in [0.25, 0.3) is 0 Å². The number of fused-ring (bicyclic) bond motifs is 1. The lowest BCUT2D eigenvalue weighted by Crippen LogP contribution is -2.29. The van der Waals surface area contributed by atoms with Gasteiger partial charge in [0.1, 0.15) is 5.75 Å². The van der Waals surface area contributed by atoms with Crippen molar-refractivity contribution in [1.29, 1.82) is 0 Å². The summed E-state index contributed by atoms with van der Waals surface area (Å²) in [6.07, 6.45) is -1.62. The fourth-order valence-corrected chi connectivity index (χ4v) is 3.50. The summed E-state index contributed by atoms with van der Waals surface area (Å²) in [5.74, 6) is 0.566. The van der Waals surface area contributed by atoms with E-state index in [-0.39, 0.29) is 25.4 Å². The number of nitrogens with one attached hydrogen (secondary N) is 1. The van der Waals surface area contributed by atoms with E-state index in [2.05, 4.69) is 10.4 Å². The fraction of sp³-hybridized carbons (Fsp3) is 0.500. The number of amides is 1. The predicted molar refractivity (Wildman–Crippen MR) is 98.2 cm³/mol. The van der Waals surface area contributed by atoms with Crippen LogP contribution in [0.15, 0.2) is 24.3 Å². The molecule has 0 aliphatic heterocycles. The molecular weight excluding hydrogens is 371 g/mol. The van der Waals surface area contributed by atoms with E-state index in [4.69, 9.17) is 4.74 Å². The number of hydrogen-bond acceptors (Lipinski definition) is 3. The molecule has 152 valence electrons. The quantitative estimate of drug-likeness (QED) is 0.780. The van der Waals surface area contributed by atoms with Gasteiger partial charge in [-0.25, -0.2) is 0 Å². The first-order valence-corrected chi connectivity index (χ1v) is 9.52. The summed E-state index contributed by atoms with van der Waals surface area (Å²) in [6, 6.07) is 7.26. The number of carbonyl (C=O) groups excluding carboxylic acids is 1. The molecule has 1 aromatic carbocycles. The lowest BCUT2D eigenvalue weighted by atomic mass is 9.95. The second-order valence-corrected chi connectivity index (χ2v) is 6.81. The van der Waals surface area contributed by atoms with E-state index in [1.165, 1.54) is 4.68 Å². The van der Waals surface area contributed by atoms with Crippen LogP contribution in [0.1, 0.15) is 42.3 Å². The van der Waals surface area contributed by atoms with Gasteiger partial charge in [-0.2, -0.15) is 18.3 Å². The average Bonchev–Trinajstić information content (AvgIpc) is 3.03. The van der Waals surface area contributed by atoms with Crippen LogP contribution in [0.3, 0.4) is 0 Å². The maximum absolute atomic E-state index is 13.2. The minimum Gasteiger partial charge on any atom is -0.494 e. The third-order valence-corrected chi connectivity index (χ3v) is 4.77. The lowest BCUT2D eigenvalue weighted by Gasteiger charge is -2.15. The summed E-state index contributed by atoms with van der Waals surface area (Å²) in [6.45, 7) is 2.94. The molecule has 1 N–H and O–H groups in total. The smallest absolute Gasteiger partial charge is 0.435 e. The van der Waals surface area contributed by atoms with E-state index < -0.39 is 11.9 Å². The van der Waals surface area contributed by atoms with Crippen LogP contribution in [-0.2, 0) is 36.8 Å². The highest BCUT2D eigenvalue weighted by atomic mass is 19.4. The van der Waals surface area contributed by atoms with E-state index >= 15 is 0 Å². The summed E-state index contributed by atoms with van der Waals surface area (Å²) in [4.78, 5) is 12.1. The van der Waals surface area contributed by atoms with Crippen molar-refractivity contribution in [2.75, 3.05) is 13.2 Å². The number of rotatable bonds is 7. The van der Waals surface area contributed by atoms with Crippen LogP contribution >= 0.6 is 0 Å². The zero-order chi connectivity index (χ0) is 20.1. The number of benzene rings is 1. The lowest BCUT2D eigenvalue weighted by molar-refractivity contribution is -0.142. The third-order valence-electron chi connectivity index (χ3n) is 4.77. The normalized spacial score (nSPS) is 13.9. The molecule has 1 amide bonds. The van der Waals surface area contributed by atoms with Crippen molar-refractivity contribution in [2.24, 2.45) is 0 Å². The number of nitrogens with zero attached hydrogens (tertiary/aromatic N) is 2. The maximum Gasteiger partial charge on any atom is 0.435 e. The van der Waals surface area contributed by atoms with E-state index in [0.29, 0.717) is 30.7 Å². The Hall–Kier alpha value is -2.51. The molecule has 28 heavy (non-hydrogen) atoms. The number of aromatic nitrogens is 2. The first-order chi connectivity index (χ1) is 13.4. The maximum atomic E-state index is 13.2. The van der Waals surface area contributed by atoms with E-state index in [9.17, 15) is 18.0 Å². The molecule has 1 aromatic heterocycles. The molecule has 0 saturated carbocycles. The minimum atomic E-state index is -4.44. The van der Waals surface area contributed by atoms with Gasteiger partial charge < -0.3 is 10.1 Å². The molecule has 1 aliphatic carbocycles. The Morgan fingerprint density at radius 2 is 1.93 bits per heavy atom. The second kappa shape index (κ2) is 8.67. The van der Waals surface area contributed by atoms with Crippen LogP contribution in [0, 0.1) is 0 Å². The van der Waals surface area contributed by atoms with Crippen molar-refractivity contribution in [3.05, 3.63) is 46.8 Å². The average molecular weight is 395 g/mol. The Bertz CT molecular complexity index is 813. The molecule has 0 unspecified atom stereocenters. The minimum absolute atomic E-state index is 0.179. The summed E-state index contributed by atoms with van der Waals surface area (Å²) in [7, 11) is 0. The summed E-state index contributed by atoms with van der Waals surface area (Å²) in [5, 5.41) is 6.56. The molecule has 0 saturated heterocycles. The highest BCUT2D eigenvalue weighted by Gasteiger charge is 2.39. The van der Waals surface area contributed by atoms with Crippen molar-refractivity contribution < 1.29 is 22.7 Å². The molecule has 0 radical (unpaired) electrons. The molecule has 0 spiro atoms. The van der Waals surface area contributed by atoms with E-state index in [0.717, 1.165) is 24.2 Å². The standard InChI is InChI=1S/C20H24F3N3O2/c1-2-28-15-9-7-14(8-10-15)13-18(27)24-11-12-26-17-6-4-3-5-16(17)19(25-26)20(21,22)23/h7-10H,2-6,11-13H2,1H3,(H,24,27). The van der Waals surface area contributed by atoms with Crippen molar-refractivity contribution in [3.63, 3.8) is 0 Å². The van der Waals surface area contributed by atoms with Crippen molar-refractivity contribution in [3.8, 4) is 5.75 Å². The number of hydrogen-bond donors (Lipinski definition) is 1. The Kier molecular flexibility index (Phi) is 6.26. The predicted octanol–water partition coefficient (Wildman–Crippen LogP) is 3.54. The third kappa shape index (κ3) is 4.85.